The number of aryl methyl sites for hydroxylation is 1. The van der Waals surface area contributed by atoms with E-state index < -0.39 is 0 Å². The lowest BCUT2D eigenvalue weighted by Gasteiger charge is -2.02. The van der Waals surface area contributed by atoms with E-state index in [1.807, 2.05) is 41.8 Å². The van der Waals surface area contributed by atoms with E-state index in [1.165, 1.54) is 10.6 Å². The van der Waals surface area contributed by atoms with Gasteiger partial charge in [-0.2, -0.15) is 9.61 Å². The molecule has 0 amide bonds. The fraction of sp³-hybridized carbons (Fsp3) is 0.143. The van der Waals surface area contributed by atoms with Gasteiger partial charge in [0.1, 0.15) is 5.65 Å². The zero-order chi connectivity index (χ0) is 13.4. The summed E-state index contributed by atoms with van der Waals surface area (Å²) in [6.07, 6.45) is 1.79. The van der Waals surface area contributed by atoms with Crippen molar-refractivity contribution in [2.45, 2.75) is 13.5 Å². The van der Waals surface area contributed by atoms with E-state index in [9.17, 15) is 4.79 Å². The monoisotopic (exact) mass is 317 g/mol. The molecular weight excluding hydrogens is 306 g/mol. The minimum atomic E-state index is -0.113. The van der Waals surface area contributed by atoms with Gasteiger partial charge in [0.2, 0.25) is 0 Å². The van der Waals surface area contributed by atoms with Gasteiger partial charge < -0.3 is 4.57 Å². The van der Waals surface area contributed by atoms with E-state index >= 15 is 0 Å². The fourth-order valence-corrected chi connectivity index (χ4v) is 2.59. The first kappa shape index (κ1) is 12.2. The molecule has 5 heteroatoms. The second-order valence-electron chi connectivity index (χ2n) is 4.22. The molecule has 0 spiro atoms. The van der Waals surface area contributed by atoms with E-state index in [-0.39, 0.29) is 5.56 Å². The molecule has 0 atom stereocenters. The molecule has 0 unspecified atom stereocenters. The largest absolute Gasteiger partial charge is 0.333 e. The van der Waals surface area contributed by atoms with E-state index in [0.29, 0.717) is 0 Å². The molecule has 0 radical (unpaired) electrons. The highest BCUT2D eigenvalue weighted by Gasteiger charge is 2.10. The number of fused-ring (bicyclic) bond motifs is 1. The minimum Gasteiger partial charge on any atom is -0.333 e. The smallest absolute Gasteiger partial charge is 0.274 e. The number of aromatic nitrogens is 3. The van der Waals surface area contributed by atoms with Crippen molar-refractivity contribution in [1.82, 2.24) is 14.2 Å². The van der Waals surface area contributed by atoms with Gasteiger partial charge in [-0.15, -0.1) is 0 Å². The number of benzene rings is 1. The minimum absolute atomic E-state index is 0.113. The number of rotatable bonds is 2. The van der Waals surface area contributed by atoms with Gasteiger partial charge in [0.05, 0.1) is 5.69 Å². The molecule has 3 rings (SSSR count). The van der Waals surface area contributed by atoms with Crippen LogP contribution in [0.3, 0.4) is 0 Å². The summed E-state index contributed by atoms with van der Waals surface area (Å²) in [5.41, 5.74) is 2.46. The molecule has 2 heterocycles. The lowest BCUT2D eigenvalue weighted by atomic mass is 10.2. The standard InChI is InChI=1S/C14H12BrN3O/c1-2-17-8-7-14(19)18-13(17)9-12(16-18)10-5-3-4-6-11(10)15/h3-9H,2H2,1H3. The third-order valence-corrected chi connectivity index (χ3v) is 3.77. The van der Waals surface area contributed by atoms with Gasteiger partial charge in [-0.25, -0.2) is 0 Å². The Hall–Kier alpha value is -1.88. The van der Waals surface area contributed by atoms with Gasteiger partial charge >= 0.3 is 0 Å². The summed E-state index contributed by atoms with van der Waals surface area (Å²) in [7, 11) is 0. The Morgan fingerprint density at radius 3 is 2.79 bits per heavy atom. The third-order valence-electron chi connectivity index (χ3n) is 3.08. The highest BCUT2D eigenvalue weighted by molar-refractivity contribution is 9.10. The second kappa shape index (κ2) is 4.66. The highest BCUT2D eigenvalue weighted by atomic mass is 79.9. The topological polar surface area (TPSA) is 39.3 Å². The number of halogens is 1. The summed E-state index contributed by atoms with van der Waals surface area (Å²) in [5, 5.41) is 4.41. The molecule has 19 heavy (non-hydrogen) atoms. The van der Waals surface area contributed by atoms with Crippen molar-refractivity contribution in [3.63, 3.8) is 0 Å². The van der Waals surface area contributed by atoms with Crippen LogP contribution in [0.2, 0.25) is 0 Å². The maximum Gasteiger partial charge on any atom is 0.274 e. The van der Waals surface area contributed by atoms with Gasteiger partial charge in [0.15, 0.2) is 0 Å². The Balaban J connectivity index is 2.31. The van der Waals surface area contributed by atoms with Crippen LogP contribution in [0, 0.1) is 0 Å². The molecule has 0 aliphatic rings. The lowest BCUT2D eigenvalue weighted by Crippen LogP contribution is -2.16. The van der Waals surface area contributed by atoms with Crippen LogP contribution in [0.5, 0.6) is 0 Å². The van der Waals surface area contributed by atoms with Gasteiger partial charge in [-0.05, 0) is 13.0 Å². The zero-order valence-corrected chi connectivity index (χ0v) is 12.0. The van der Waals surface area contributed by atoms with E-state index in [2.05, 4.69) is 21.0 Å². The predicted molar refractivity (Wildman–Crippen MR) is 78.3 cm³/mol. The van der Waals surface area contributed by atoms with E-state index in [1.54, 1.807) is 6.20 Å². The second-order valence-corrected chi connectivity index (χ2v) is 5.07. The summed E-state index contributed by atoms with van der Waals surface area (Å²) in [6.45, 7) is 2.83. The Kier molecular flexibility index (Phi) is 2.98. The molecular formula is C14H12BrN3O. The van der Waals surface area contributed by atoms with Crippen LogP contribution in [-0.2, 0) is 6.54 Å². The van der Waals surface area contributed by atoms with Crippen LogP contribution in [0.15, 0.2) is 51.9 Å². The van der Waals surface area contributed by atoms with Crippen LogP contribution in [0.4, 0.5) is 0 Å². The van der Waals surface area contributed by atoms with Gasteiger partial charge in [-0.3, -0.25) is 4.79 Å². The van der Waals surface area contributed by atoms with Crippen LogP contribution in [-0.4, -0.2) is 14.2 Å². The first-order valence-corrected chi connectivity index (χ1v) is 6.84. The molecule has 2 aromatic heterocycles. The summed E-state index contributed by atoms with van der Waals surface area (Å²) in [4.78, 5) is 11.9. The highest BCUT2D eigenvalue weighted by Crippen LogP contribution is 2.27. The Morgan fingerprint density at radius 2 is 2.05 bits per heavy atom. The quantitative estimate of drug-likeness (QED) is 0.729. The predicted octanol–water partition coefficient (Wildman–Crippen LogP) is 2.95. The zero-order valence-electron chi connectivity index (χ0n) is 10.4. The Morgan fingerprint density at radius 1 is 1.26 bits per heavy atom. The van der Waals surface area contributed by atoms with Gasteiger partial charge in [0.25, 0.3) is 5.56 Å². The summed E-state index contributed by atoms with van der Waals surface area (Å²) in [5.74, 6) is 0. The average Bonchev–Trinajstić information content (AvgIpc) is 2.85. The molecule has 96 valence electrons. The normalized spacial score (nSPS) is 11.1. The van der Waals surface area contributed by atoms with Crippen molar-refractivity contribution < 1.29 is 0 Å². The average molecular weight is 318 g/mol. The molecule has 1 aromatic carbocycles. The lowest BCUT2D eigenvalue weighted by molar-refractivity contribution is 0.739. The van der Waals surface area contributed by atoms with Gasteiger partial charge in [-0.1, -0.05) is 34.1 Å². The van der Waals surface area contributed by atoms with E-state index in [0.717, 1.165) is 27.9 Å². The molecule has 3 aromatic rings. The van der Waals surface area contributed by atoms with Crippen molar-refractivity contribution in [2.75, 3.05) is 0 Å². The van der Waals surface area contributed by atoms with Crippen LogP contribution >= 0.6 is 15.9 Å². The van der Waals surface area contributed by atoms with Crippen molar-refractivity contribution in [3.05, 3.63) is 57.4 Å². The molecule has 0 N–H and O–H groups in total. The fourth-order valence-electron chi connectivity index (χ4n) is 2.11. The number of hydrogen-bond acceptors (Lipinski definition) is 2. The number of hydrogen-bond donors (Lipinski definition) is 0. The maximum absolute atomic E-state index is 11.9. The number of nitrogens with zero attached hydrogens (tertiary/aromatic N) is 3. The maximum atomic E-state index is 11.9. The molecule has 0 fully saturated rings. The molecule has 0 saturated heterocycles. The molecule has 0 saturated carbocycles. The van der Waals surface area contributed by atoms with Crippen molar-refractivity contribution >= 4 is 21.6 Å². The summed E-state index contributed by atoms with van der Waals surface area (Å²) < 4.78 is 4.40. The first-order valence-electron chi connectivity index (χ1n) is 6.05. The first-order chi connectivity index (χ1) is 9.20. The summed E-state index contributed by atoms with van der Waals surface area (Å²) in [6, 6.07) is 11.3. The Bertz CT molecular complexity index is 804. The molecule has 0 bridgehead atoms. The Labute approximate surface area is 118 Å². The van der Waals surface area contributed by atoms with Crippen LogP contribution in [0.1, 0.15) is 6.92 Å². The summed E-state index contributed by atoms with van der Waals surface area (Å²) >= 11 is 3.51. The molecule has 0 aliphatic carbocycles. The molecule has 0 aliphatic heterocycles. The van der Waals surface area contributed by atoms with Crippen molar-refractivity contribution in [2.24, 2.45) is 0 Å². The van der Waals surface area contributed by atoms with Gasteiger partial charge in [0, 0.05) is 34.9 Å². The van der Waals surface area contributed by atoms with Crippen molar-refractivity contribution in [3.8, 4) is 11.3 Å². The third kappa shape index (κ3) is 2.00. The van der Waals surface area contributed by atoms with E-state index in [4.69, 9.17) is 0 Å². The van der Waals surface area contributed by atoms with Crippen molar-refractivity contribution in [1.29, 1.82) is 0 Å². The molecule has 4 nitrogen and oxygen atoms in total. The van der Waals surface area contributed by atoms with Crippen LogP contribution < -0.4 is 5.56 Å². The SMILES string of the molecule is CCn1ccc(=O)n2nc(-c3ccccc3Br)cc12. The van der Waals surface area contributed by atoms with Crippen LogP contribution in [0.25, 0.3) is 16.9 Å².